The van der Waals surface area contributed by atoms with E-state index in [0.717, 1.165) is 24.0 Å². The lowest BCUT2D eigenvalue weighted by molar-refractivity contribution is 0.598. The summed E-state index contributed by atoms with van der Waals surface area (Å²) >= 11 is 0. The Labute approximate surface area is 123 Å². The van der Waals surface area contributed by atoms with Gasteiger partial charge < -0.3 is 9.88 Å². The molecule has 0 fully saturated rings. The fraction of sp³-hybridized carbons (Fsp3) is 0.167. The Bertz CT molecular complexity index is 778. The number of pyridine rings is 1. The maximum atomic E-state index is 12.0. The molecule has 2 aromatic carbocycles. The lowest BCUT2D eigenvalue weighted by Gasteiger charge is -2.10. The minimum atomic E-state index is 0.0511. The van der Waals surface area contributed by atoms with Gasteiger partial charge in [-0.15, -0.1) is 0 Å². The van der Waals surface area contributed by atoms with E-state index >= 15 is 0 Å². The lowest BCUT2D eigenvalue weighted by Crippen LogP contribution is -2.26. The maximum Gasteiger partial charge on any atom is 0.251 e. The summed E-state index contributed by atoms with van der Waals surface area (Å²) in [7, 11) is 0. The number of benzene rings is 2. The highest BCUT2D eigenvalue weighted by Gasteiger charge is 2.01. The van der Waals surface area contributed by atoms with E-state index in [2.05, 4.69) is 17.4 Å². The zero-order chi connectivity index (χ0) is 14.5. The molecule has 1 N–H and O–H groups in total. The van der Waals surface area contributed by atoms with Crippen molar-refractivity contribution in [3.63, 3.8) is 0 Å². The van der Waals surface area contributed by atoms with Gasteiger partial charge in [0.05, 0.1) is 5.52 Å². The molecule has 3 nitrogen and oxygen atoms in total. The average Bonchev–Trinajstić information content (AvgIpc) is 2.54. The number of fused-ring (bicyclic) bond motifs is 1. The van der Waals surface area contributed by atoms with Crippen molar-refractivity contribution in [2.24, 2.45) is 0 Å². The van der Waals surface area contributed by atoms with Crippen LogP contribution in [0, 0.1) is 0 Å². The van der Waals surface area contributed by atoms with Gasteiger partial charge in [-0.25, -0.2) is 0 Å². The van der Waals surface area contributed by atoms with Crippen molar-refractivity contribution in [1.29, 1.82) is 0 Å². The monoisotopic (exact) mass is 278 g/mol. The first-order valence-electron chi connectivity index (χ1n) is 7.18. The Hall–Kier alpha value is -2.39. The standard InChI is InChI=1S/C18H18N2O/c21-18-11-10-16-8-4-5-9-17(16)20(18)13-12-19-14-15-6-2-1-3-7-15/h1-11,19H,12-14H2. The number of aromatic nitrogens is 1. The first kappa shape index (κ1) is 13.6. The van der Waals surface area contributed by atoms with Crippen LogP contribution in [0.1, 0.15) is 5.56 Å². The van der Waals surface area contributed by atoms with Crippen molar-refractivity contribution >= 4 is 10.9 Å². The number of hydrogen-bond donors (Lipinski definition) is 1. The summed E-state index contributed by atoms with van der Waals surface area (Å²) in [5.74, 6) is 0. The molecule has 106 valence electrons. The van der Waals surface area contributed by atoms with Crippen molar-refractivity contribution in [2.45, 2.75) is 13.1 Å². The maximum absolute atomic E-state index is 12.0. The Morgan fingerprint density at radius 3 is 2.48 bits per heavy atom. The molecule has 3 heteroatoms. The van der Waals surface area contributed by atoms with E-state index in [1.807, 2.05) is 53.1 Å². The summed E-state index contributed by atoms with van der Waals surface area (Å²) in [6, 6.07) is 21.8. The summed E-state index contributed by atoms with van der Waals surface area (Å²) in [6.07, 6.45) is 0. The second-order valence-corrected chi connectivity index (χ2v) is 5.04. The van der Waals surface area contributed by atoms with E-state index < -0.39 is 0 Å². The van der Waals surface area contributed by atoms with Crippen LogP contribution in [0.2, 0.25) is 0 Å². The van der Waals surface area contributed by atoms with Gasteiger partial charge in [-0.05, 0) is 23.1 Å². The van der Waals surface area contributed by atoms with Crippen molar-refractivity contribution in [3.8, 4) is 0 Å². The molecule has 3 rings (SSSR count). The molecule has 3 aromatic rings. The number of hydrogen-bond acceptors (Lipinski definition) is 2. The Morgan fingerprint density at radius 1 is 0.857 bits per heavy atom. The molecule has 1 aromatic heterocycles. The summed E-state index contributed by atoms with van der Waals surface area (Å²) < 4.78 is 1.83. The van der Waals surface area contributed by atoms with Crippen LogP contribution in [0.3, 0.4) is 0 Å². The second kappa shape index (κ2) is 6.37. The van der Waals surface area contributed by atoms with E-state index in [1.54, 1.807) is 6.07 Å². The van der Waals surface area contributed by atoms with Crippen molar-refractivity contribution < 1.29 is 0 Å². The van der Waals surface area contributed by atoms with Crippen LogP contribution >= 0.6 is 0 Å². The molecule has 0 aliphatic rings. The number of para-hydroxylation sites is 1. The van der Waals surface area contributed by atoms with Crippen LogP contribution in [0.5, 0.6) is 0 Å². The van der Waals surface area contributed by atoms with E-state index in [4.69, 9.17) is 0 Å². The van der Waals surface area contributed by atoms with Crippen LogP contribution in [0.4, 0.5) is 0 Å². The van der Waals surface area contributed by atoms with E-state index in [1.165, 1.54) is 5.56 Å². The molecular weight excluding hydrogens is 260 g/mol. The molecule has 0 bridgehead atoms. The molecule has 0 saturated carbocycles. The third-order valence-electron chi connectivity index (χ3n) is 3.58. The highest BCUT2D eigenvalue weighted by molar-refractivity contribution is 5.78. The van der Waals surface area contributed by atoms with Crippen LogP contribution in [-0.4, -0.2) is 11.1 Å². The number of nitrogens with zero attached hydrogens (tertiary/aromatic N) is 1. The fourth-order valence-electron chi connectivity index (χ4n) is 2.49. The van der Waals surface area contributed by atoms with Crippen LogP contribution in [-0.2, 0) is 13.1 Å². The van der Waals surface area contributed by atoms with Gasteiger partial charge in [0.2, 0.25) is 0 Å². The smallest absolute Gasteiger partial charge is 0.251 e. The molecule has 0 atom stereocenters. The quantitative estimate of drug-likeness (QED) is 0.728. The summed E-state index contributed by atoms with van der Waals surface area (Å²) in [5.41, 5.74) is 2.30. The largest absolute Gasteiger partial charge is 0.311 e. The van der Waals surface area contributed by atoms with E-state index in [9.17, 15) is 4.79 Å². The highest BCUT2D eigenvalue weighted by atomic mass is 16.1. The van der Waals surface area contributed by atoms with E-state index in [0.29, 0.717) is 6.54 Å². The fourth-order valence-corrected chi connectivity index (χ4v) is 2.49. The zero-order valence-electron chi connectivity index (χ0n) is 11.8. The molecule has 0 aliphatic heterocycles. The van der Waals surface area contributed by atoms with Crippen LogP contribution in [0.25, 0.3) is 10.9 Å². The first-order chi connectivity index (χ1) is 10.3. The highest BCUT2D eigenvalue weighted by Crippen LogP contribution is 2.10. The average molecular weight is 278 g/mol. The molecular formula is C18H18N2O. The van der Waals surface area contributed by atoms with Crippen molar-refractivity contribution in [1.82, 2.24) is 9.88 Å². The van der Waals surface area contributed by atoms with Gasteiger partial charge in [-0.3, -0.25) is 4.79 Å². The zero-order valence-corrected chi connectivity index (χ0v) is 11.8. The summed E-state index contributed by atoms with van der Waals surface area (Å²) in [6.45, 7) is 2.26. The van der Waals surface area contributed by atoms with Gasteiger partial charge >= 0.3 is 0 Å². The van der Waals surface area contributed by atoms with Crippen LogP contribution < -0.4 is 10.9 Å². The molecule has 0 saturated heterocycles. The Kier molecular flexibility index (Phi) is 4.12. The predicted molar refractivity (Wildman–Crippen MR) is 86.4 cm³/mol. The van der Waals surface area contributed by atoms with Crippen LogP contribution in [0.15, 0.2) is 71.5 Å². The molecule has 0 unspecified atom stereocenters. The third-order valence-corrected chi connectivity index (χ3v) is 3.58. The normalized spacial score (nSPS) is 10.9. The minimum absolute atomic E-state index is 0.0511. The molecule has 0 spiro atoms. The van der Waals surface area contributed by atoms with Gasteiger partial charge in [-0.2, -0.15) is 0 Å². The molecule has 0 radical (unpaired) electrons. The predicted octanol–water partition coefficient (Wildman–Crippen LogP) is 2.79. The van der Waals surface area contributed by atoms with Gasteiger partial charge in [0.15, 0.2) is 0 Å². The third kappa shape index (κ3) is 3.20. The van der Waals surface area contributed by atoms with E-state index in [-0.39, 0.29) is 5.56 Å². The minimum Gasteiger partial charge on any atom is -0.311 e. The van der Waals surface area contributed by atoms with Gasteiger partial charge in [0.25, 0.3) is 5.56 Å². The summed E-state index contributed by atoms with van der Waals surface area (Å²) in [4.78, 5) is 12.0. The summed E-state index contributed by atoms with van der Waals surface area (Å²) in [5, 5.41) is 4.48. The molecule has 0 amide bonds. The number of rotatable bonds is 5. The van der Waals surface area contributed by atoms with Crippen molar-refractivity contribution in [2.75, 3.05) is 6.54 Å². The first-order valence-corrected chi connectivity index (χ1v) is 7.18. The second-order valence-electron chi connectivity index (χ2n) is 5.04. The molecule has 1 heterocycles. The lowest BCUT2D eigenvalue weighted by atomic mass is 10.2. The molecule has 21 heavy (non-hydrogen) atoms. The van der Waals surface area contributed by atoms with Gasteiger partial charge in [-0.1, -0.05) is 48.5 Å². The van der Waals surface area contributed by atoms with Gasteiger partial charge in [0, 0.05) is 25.7 Å². The van der Waals surface area contributed by atoms with Gasteiger partial charge in [0.1, 0.15) is 0 Å². The number of nitrogens with one attached hydrogen (secondary N) is 1. The SMILES string of the molecule is O=c1ccc2ccccc2n1CCNCc1ccccc1. The Morgan fingerprint density at radius 2 is 1.62 bits per heavy atom. The Balaban J connectivity index is 1.68. The molecule has 0 aliphatic carbocycles. The topological polar surface area (TPSA) is 34.0 Å². The van der Waals surface area contributed by atoms with Crippen molar-refractivity contribution in [3.05, 3.63) is 82.6 Å².